The van der Waals surface area contributed by atoms with Gasteiger partial charge in [-0.15, -0.1) is 0 Å². The van der Waals surface area contributed by atoms with Crippen LogP contribution in [0.3, 0.4) is 0 Å². The van der Waals surface area contributed by atoms with E-state index in [9.17, 15) is 5.26 Å². The molecule has 2 heterocycles. The molecule has 0 N–H and O–H groups in total. The van der Waals surface area contributed by atoms with Crippen LogP contribution in [0.15, 0.2) is 204 Å². The van der Waals surface area contributed by atoms with Crippen LogP contribution in [0, 0.1) is 11.3 Å². The normalized spacial score (nSPS) is 13.7. The Morgan fingerprint density at radius 1 is 0.484 bits per heavy atom. The molecule has 0 atom stereocenters. The lowest BCUT2D eigenvalue weighted by Crippen LogP contribution is -2.32. The number of allylic oxidation sites excluding steroid dienone is 1. The van der Waals surface area contributed by atoms with Crippen molar-refractivity contribution in [3.05, 3.63) is 233 Å². The average Bonchev–Trinajstić information content (AvgIpc) is 3.64. The van der Waals surface area contributed by atoms with Gasteiger partial charge in [0.1, 0.15) is 0 Å². The Kier molecular flexibility index (Phi) is 8.52. The predicted molar refractivity (Wildman–Crippen MR) is 253 cm³/mol. The van der Waals surface area contributed by atoms with Crippen LogP contribution in [0.5, 0.6) is 0 Å². The molecule has 12 rings (SSSR count). The van der Waals surface area contributed by atoms with Crippen LogP contribution in [0.1, 0.15) is 45.4 Å². The summed E-state index contributed by atoms with van der Waals surface area (Å²) in [7, 11) is 0. The van der Waals surface area contributed by atoms with Gasteiger partial charge in [0, 0.05) is 26.5 Å². The van der Waals surface area contributed by atoms with Crippen molar-refractivity contribution >= 4 is 17.8 Å². The molecule has 0 amide bonds. The van der Waals surface area contributed by atoms with Crippen molar-refractivity contribution in [2.45, 2.75) is 28.0 Å². The second kappa shape index (κ2) is 14.6. The molecular formula is C58H37N3S. The van der Waals surface area contributed by atoms with E-state index in [1.807, 2.05) is 36.0 Å². The van der Waals surface area contributed by atoms with Gasteiger partial charge < -0.3 is 0 Å². The molecule has 2 aliphatic carbocycles. The molecule has 1 spiro atoms. The van der Waals surface area contributed by atoms with Gasteiger partial charge in [0.05, 0.1) is 28.4 Å². The van der Waals surface area contributed by atoms with E-state index in [0.717, 1.165) is 46.5 Å². The van der Waals surface area contributed by atoms with Crippen molar-refractivity contribution in [3.8, 4) is 73.4 Å². The summed E-state index contributed by atoms with van der Waals surface area (Å²) in [5.41, 5.74) is 20.0. The van der Waals surface area contributed by atoms with E-state index in [-0.39, 0.29) is 0 Å². The lowest BCUT2D eigenvalue weighted by atomic mass is 9.67. The van der Waals surface area contributed by atoms with Gasteiger partial charge in [0.25, 0.3) is 0 Å². The highest BCUT2D eigenvalue weighted by molar-refractivity contribution is 7.99. The Hall–Kier alpha value is -7.58. The molecule has 4 heteroatoms. The van der Waals surface area contributed by atoms with Crippen molar-refractivity contribution in [2.24, 2.45) is 0 Å². The average molecular weight is 808 g/mol. The third kappa shape index (κ3) is 5.59. The van der Waals surface area contributed by atoms with E-state index in [0.29, 0.717) is 11.4 Å². The molecule has 1 aliphatic heterocycles. The zero-order chi connectivity index (χ0) is 41.2. The lowest BCUT2D eigenvalue weighted by Gasteiger charge is -2.39. The maximum atomic E-state index is 9.51. The minimum absolute atomic E-state index is 0.586. The van der Waals surface area contributed by atoms with Crippen LogP contribution in [0.2, 0.25) is 0 Å². The molecule has 0 unspecified atom stereocenters. The van der Waals surface area contributed by atoms with Crippen molar-refractivity contribution in [1.29, 1.82) is 5.26 Å². The summed E-state index contributed by atoms with van der Waals surface area (Å²) in [5, 5.41) is 9.51. The highest BCUT2D eigenvalue weighted by atomic mass is 32.2. The quantitative estimate of drug-likeness (QED) is 0.174. The van der Waals surface area contributed by atoms with E-state index in [2.05, 4.69) is 182 Å². The molecule has 0 saturated carbocycles. The van der Waals surface area contributed by atoms with Gasteiger partial charge in [-0.2, -0.15) is 5.26 Å². The predicted octanol–water partition coefficient (Wildman–Crippen LogP) is 14.5. The van der Waals surface area contributed by atoms with Crippen molar-refractivity contribution < 1.29 is 0 Å². The van der Waals surface area contributed by atoms with Gasteiger partial charge in [-0.25, -0.2) is 9.97 Å². The van der Waals surface area contributed by atoms with E-state index in [1.54, 1.807) is 0 Å². The summed E-state index contributed by atoms with van der Waals surface area (Å²) in [4.78, 5) is 13.2. The van der Waals surface area contributed by atoms with Gasteiger partial charge >= 0.3 is 0 Å². The zero-order valence-electron chi connectivity index (χ0n) is 33.7. The van der Waals surface area contributed by atoms with Gasteiger partial charge in [-0.3, -0.25) is 0 Å². The van der Waals surface area contributed by atoms with Gasteiger partial charge in [-0.05, 0) is 116 Å². The minimum Gasteiger partial charge on any atom is -0.228 e. The van der Waals surface area contributed by atoms with Crippen LogP contribution < -0.4 is 0 Å². The number of fused-ring (bicyclic) bond motifs is 10. The third-order valence-electron chi connectivity index (χ3n) is 12.9. The second-order valence-corrected chi connectivity index (χ2v) is 17.3. The number of nitriles is 1. The summed E-state index contributed by atoms with van der Waals surface area (Å²) in [6.45, 7) is 0. The van der Waals surface area contributed by atoms with Crippen LogP contribution >= 0.6 is 11.8 Å². The summed E-state index contributed by atoms with van der Waals surface area (Å²) < 4.78 is 0. The Bertz CT molecular complexity index is 3220. The topological polar surface area (TPSA) is 49.6 Å². The molecule has 0 bridgehead atoms. The number of hydrogen-bond donors (Lipinski definition) is 0. The standard InChI is InChI=1S/C58H37N3S/c59-36-37-26-28-38(29-27-37)42-32-33-45(44-19-8-7-18-43(42)44)46-20-13-23-50-56(46)47-31-30-41(34-51(47)58(50)48-21-9-11-24-54(48)62-55-25-12-10-22-49(55)58)57-60-52(39-14-3-1-4-15-39)35-53(61-57)40-16-5-2-6-17-40/h1-7,9-18,20-35H,8,19H2. The SMILES string of the molecule is N#Cc1ccc(-c2ccc(-c3cccc4c3-c3ccc(-c5nc(-c6ccccc6)cc(-c6ccccc6)n5)cc3C43c4ccccc4Sc4ccccc43)c3c2C=CCC3)cc1. The van der Waals surface area contributed by atoms with Crippen LogP contribution in [-0.2, 0) is 11.8 Å². The fourth-order valence-corrected chi connectivity index (χ4v) is 11.4. The molecule has 9 aromatic rings. The number of nitrogens with zero attached hydrogens (tertiary/aromatic N) is 3. The molecule has 0 fully saturated rings. The number of aromatic nitrogens is 2. The maximum Gasteiger partial charge on any atom is 0.160 e. The van der Waals surface area contributed by atoms with Gasteiger partial charge in [0.15, 0.2) is 5.82 Å². The first-order valence-electron chi connectivity index (χ1n) is 21.2. The molecule has 0 saturated heterocycles. The summed E-state index contributed by atoms with van der Waals surface area (Å²) >= 11 is 1.86. The lowest BCUT2D eigenvalue weighted by molar-refractivity contribution is 0.722. The molecule has 8 aromatic carbocycles. The van der Waals surface area contributed by atoms with E-state index < -0.39 is 5.41 Å². The first-order chi connectivity index (χ1) is 30.7. The highest BCUT2D eigenvalue weighted by Crippen LogP contribution is 2.64. The summed E-state index contributed by atoms with van der Waals surface area (Å²) in [6, 6.07) is 69.8. The first kappa shape index (κ1) is 36.3. The number of hydrogen-bond acceptors (Lipinski definition) is 4. The van der Waals surface area contributed by atoms with Crippen LogP contribution in [-0.4, -0.2) is 9.97 Å². The maximum absolute atomic E-state index is 9.51. The zero-order valence-corrected chi connectivity index (χ0v) is 34.5. The molecular weight excluding hydrogens is 771 g/mol. The molecule has 3 aliphatic rings. The monoisotopic (exact) mass is 807 g/mol. The van der Waals surface area contributed by atoms with Crippen LogP contribution in [0.25, 0.3) is 73.4 Å². The molecule has 1 aromatic heterocycles. The smallest absolute Gasteiger partial charge is 0.160 e. The molecule has 0 radical (unpaired) electrons. The highest BCUT2D eigenvalue weighted by Gasteiger charge is 2.51. The van der Waals surface area contributed by atoms with E-state index in [4.69, 9.17) is 9.97 Å². The Morgan fingerprint density at radius 2 is 1.08 bits per heavy atom. The van der Waals surface area contributed by atoms with Crippen LogP contribution in [0.4, 0.5) is 0 Å². The Labute approximate surface area is 365 Å². The fourth-order valence-electron chi connectivity index (χ4n) is 10.2. The largest absolute Gasteiger partial charge is 0.228 e. The molecule has 290 valence electrons. The number of benzene rings is 8. The molecule has 62 heavy (non-hydrogen) atoms. The Balaban J connectivity index is 1.13. The number of rotatable bonds is 5. The Morgan fingerprint density at radius 3 is 1.76 bits per heavy atom. The first-order valence-corrected chi connectivity index (χ1v) is 22.0. The van der Waals surface area contributed by atoms with E-state index >= 15 is 0 Å². The molecule has 3 nitrogen and oxygen atoms in total. The van der Waals surface area contributed by atoms with Gasteiger partial charge in [0.2, 0.25) is 0 Å². The minimum atomic E-state index is -0.586. The summed E-state index contributed by atoms with van der Waals surface area (Å²) in [5.74, 6) is 0.699. The van der Waals surface area contributed by atoms with E-state index in [1.165, 1.54) is 71.0 Å². The van der Waals surface area contributed by atoms with Crippen molar-refractivity contribution in [3.63, 3.8) is 0 Å². The summed E-state index contributed by atoms with van der Waals surface area (Å²) in [6.07, 6.45) is 6.54. The van der Waals surface area contributed by atoms with Gasteiger partial charge in [-0.1, -0.05) is 176 Å². The van der Waals surface area contributed by atoms with Crippen molar-refractivity contribution in [1.82, 2.24) is 9.97 Å². The van der Waals surface area contributed by atoms with Crippen molar-refractivity contribution in [2.75, 3.05) is 0 Å². The third-order valence-corrected chi connectivity index (χ3v) is 14.1. The fraction of sp³-hybridized carbons (Fsp3) is 0.0517. The second-order valence-electron chi connectivity index (χ2n) is 16.2.